The third-order valence-corrected chi connectivity index (χ3v) is 4.70. The zero-order valence-corrected chi connectivity index (χ0v) is 16.6. The van der Waals surface area contributed by atoms with Gasteiger partial charge in [0.05, 0.1) is 20.8 Å². The molecule has 1 aromatic heterocycles. The fourth-order valence-corrected chi connectivity index (χ4v) is 3.07. The predicted octanol–water partition coefficient (Wildman–Crippen LogP) is 2.95. The van der Waals surface area contributed by atoms with Gasteiger partial charge in [0.25, 0.3) is 4.84 Å². The van der Waals surface area contributed by atoms with Crippen molar-refractivity contribution in [3.8, 4) is 23.0 Å². The summed E-state index contributed by atoms with van der Waals surface area (Å²) < 4.78 is 18.1. The van der Waals surface area contributed by atoms with Gasteiger partial charge < -0.3 is 18.8 Å². The minimum absolute atomic E-state index is 0.360. The van der Waals surface area contributed by atoms with Gasteiger partial charge in [0.2, 0.25) is 5.89 Å². The lowest BCUT2D eigenvalue weighted by Gasteiger charge is -2.16. The summed E-state index contributed by atoms with van der Waals surface area (Å²) in [5, 5.41) is 4.57. The Balaban J connectivity index is 1.80. The number of nitrogens with one attached hydrogen (secondary N) is 1. The third-order valence-electron chi connectivity index (χ3n) is 4.41. The molecule has 0 radical (unpaired) electrons. The summed E-state index contributed by atoms with van der Waals surface area (Å²) in [4.78, 5) is 1.70. The molecule has 1 atom stereocenters. The Bertz CT molecular complexity index is 937. The van der Waals surface area contributed by atoms with E-state index in [9.17, 15) is 0 Å². The number of methoxy groups -OCH3 is 2. The van der Waals surface area contributed by atoms with Crippen LogP contribution in [0.15, 0.2) is 52.9 Å². The van der Waals surface area contributed by atoms with E-state index >= 15 is 0 Å². The second-order valence-corrected chi connectivity index (χ2v) is 6.52. The van der Waals surface area contributed by atoms with Crippen molar-refractivity contribution < 1.29 is 18.8 Å². The molecule has 2 aromatic carbocycles. The van der Waals surface area contributed by atoms with Crippen molar-refractivity contribution in [2.45, 2.75) is 20.1 Å². The maximum atomic E-state index is 5.73. The number of hydrogen-bond donors (Lipinski definition) is 1. The van der Waals surface area contributed by atoms with E-state index in [1.165, 1.54) is 10.5 Å². The van der Waals surface area contributed by atoms with Gasteiger partial charge in [0.1, 0.15) is 6.54 Å². The van der Waals surface area contributed by atoms with Gasteiger partial charge in [0.15, 0.2) is 18.2 Å². The van der Waals surface area contributed by atoms with Crippen molar-refractivity contribution in [2.24, 2.45) is 0 Å². The summed E-state index contributed by atoms with van der Waals surface area (Å²) in [6, 6.07) is 15.9. The van der Waals surface area contributed by atoms with Gasteiger partial charge >= 0.3 is 0 Å². The topological polar surface area (TPSA) is 53.9 Å². The highest BCUT2D eigenvalue weighted by Gasteiger charge is 2.15. The van der Waals surface area contributed by atoms with E-state index in [1.54, 1.807) is 18.9 Å². The summed E-state index contributed by atoms with van der Waals surface area (Å²) >= 11 is 5.38. The molecule has 0 bridgehead atoms. The number of rotatable bonds is 8. The molecule has 0 spiro atoms. The van der Waals surface area contributed by atoms with Crippen LogP contribution in [0.4, 0.5) is 0 Å². The maximum Gasteiger partial charge on any atom is 0.292 e. The third kappa shape index (κ3) is 4.56. The van der Waals surface area contributed by atoms with Crippen molar-refractivity contribution in [1.29, 1.82) is 0 Å². The van der Waals surface area contributed by atoms with Crippen molar-refractivity contribution >= 4 is 12.2 Å². The van der Waals surface area contributed by atoms with Crippen LogP contribution < -0.4 is 14.4 Å². The van der Waals surface area contributed by atoms with Crippen LogP contribution in [0.1, 0.15) is 12.5 Å². The van der Waals surface area contributed by atoms with Crippen molar-refractivity contribution in [3.05, 3.63) is 58.9 Å². The number of ether oxygens (including phenoxy) is 2. The van der Waals surface area contributed by atoms with E-state index < -0.39 is 0 Å². The number of aromatic nitrogens is 2. The molecule has 0 aliphatic carbocycles. The molecule has 27 heavy (non-hydrogen) atoms. The minimum Gasteiger partial charge on any atom is -0.493 e. The zero-order chi connectivity index (χ0) is 19.2. The highest BCUT2D eigenvalue weighted by atomic mass is 32.1. The highest BCUT2D eigenvalue weighted by Crippen LogP contribution is 2.31. The van der Waals surface area contributed by atoms with Crippen molar-refractivity contribution in [3.63, 3.8) is 0 Å². The van der Waals surface area contributed by atoms with Crippen LogP contribution >= 0.6 is 12.2 Å². The molecule has 0 aliphatic heterocycles. The standard InChI is InChI=1S/C20H23N3O3S/c1-4-22(13-15-8-6-5-7-9-15)14-23-20(27)26-19(21-23)16-10-11-17(24-2)18(12-16)25-3/h5-12H,4,13-14H2,1-3H3/p+1. The lowest BCUT2D eigenvalue weighted by molar-refractivity contribution is -0.935. The van der Waals surface area contributed by atoms with E-state index in [4.69, 9.17) is 26.1 Å². The molecule has 0 saturated heterocycles. The molecule has 6 nitrogen and oxygen atoms in total. The average molecular weight is 386 g/mol. The molecular weight excluding hydrogens is 362 g/mol. The number of nitrogens with zero attached hydrogens (tertiary/aromatic N) is 2. The highest BCUT2D eigenvalue weighted by molar-refractivity contribution is 7.71. The Kier molecular flexibility index (Phi) is 6.26. The molecule has 0 fully saturated rings. The van der Waals surface area contributed by atoms with E-state index in [2.05, 4.69) is 36.3 Å². The number of hydrogen-bond acceptors (Lipinski definition) is 5. The van der Waals surface area contributed by atoms with Crippen LogP contribution in [-0.4, -0.2) is 30.5 Å². The van der Waals surface area contributed by atoms with E-state index in [-0.39, 0.29) is 0 Å². The second-order valence-electron chi connectivity index (χ2n) is 6.17. The summed E-state index contributed by atoms with van der Waals surface area (Å²) in [5.41, 5.74) is 2.07. The molecule has 3 aromatic rings. The molecule has 142 valence electrons. The number of benzene rings is 2. The van der Waals surface area contributed by atoms with E-state index in [0.29, 0.717) is 28.9 Å². The first-order valence-electron chi connectivity index (χ1n) is 8.82. The Labute approximate surface area is 163 Å². The monoisotopic (exact) mass is 386 g/mol. The van der Waals surface area contributed by atoms with Gasteiger partial charge in [-0.25, -0.2) is 0 Å². The fraction of sp³-hybridized carbons (Fsp3) is 0.300. The zero-order valence-electron chi connectivity index (χ0n) is 15.8. The Morgan fingerprint density at radius 3 is 2.48 bits per heavy atom. The molecule has 3 rings (SSSR count). The van der Waals surface area contributed by atoms with Gasteiger partial charge in [-0.05, 0) is 37.3 Å². The molecular formula is C20H24N3O3S+. The summed E-state index contributed by atoms with van der Waals surface area (Å²) in [7, 11) is 3.20. The van der Waals surface area contributed by atoms with Crippen molar-refractivity contribution in [1.82, 2.24) is 9.78 Å². The van der Waals surface area contributed by atoms with E-state index in [0.717, 1.165) is 18.7 Å². The molecule has 7 heteroatoms. The summed E-state index contributed by atoms with van der Waals surface area (Å²) in [6.07, 6.45) is 0. The van der Waals surface area contributed by atoms with Gasteiger partial charge in [-0.1, -0.05) is 30.3 Å². The first-order valence-corrected chi connectivity index (χ1v) is 9.23. The molecule has 1 heterocycles. The van der Waals surface area contributed by atoms with Crippen molar-refractivity contribution in [2.75, 3.05) is 20.8 Å². The van der Waals surface area contributed by atoms with Crippen LogP contribution in [-0.2, 0) is 13.2 Å². The van der Waals surface area contributed by atoms with Gasteiger partial charge in [0, 0.05) is 11.1 Å². The quantitative estimate of drug-likeness (QED) is 0.603. The van der Waals surface area contributed by atoms with Gasteiger partial charge in [-0.3, -0.25) is 0 Å². The van der Waals surface area contributed by atoms with Crippen LogP contribution in [0.25, 0.3) is 11.5 Å². The van der Waals surface area contributed by atoms with Crippen LogP contribution in [0.5, 0.6) is 11.5 Å². The van der Waals surface area contributed by atoms with Crippen LogP contribution in [0.3, 0.4) is 0 Å². The lowest BCUT2D eigenvalue weighted by atomic mass is 10.2. The maximum absolute atomic E-state index is 5.73. The molecule has 1 unspecified atom stereocenters. The Hall–Kier alpha value is -2.64. The average Bonchev–Trinajstić information content (AvgIpc) is 3.08. The SMILES string of the molecule is CC[NH+](Cc1ccccc1)Cn1nc(-c2ccc(OC)c(OC)c2)oc1=S. The van der Waals surface area contributed by atoms with Crippen LogP contribution in [0, 0.1) is 4.84 Å². The first-order chi connectivity index (χ1) is 13.1. The summed E-state index contributed by atoms with van der Waals surface area (Å²) in [5.74, 6) is 1.75. The van der Waals surface area contributed by atoms with Gasteiger partial charge in [-0.2, -0.15) is 4.68 Å². The largest absolute Gasteiger partial charge is 0.493 e. The normalized spacial score (nSPS) is 12.0. The minimum atomic E-state index is 0.360. The smallest absolute Gasteiger partial charge is 0.292 e. The van der Waals surface area contributed by atoms with Crippen LogP contribution in [0.2, 0.25) is 0 Å². The fourth-order valence-electron chi connectivity index (χ4n) is 2.88. The molecule has 1 N–H and O–H groups in total. The first kappa shape index (κ1) is 19.1. The summed E-state index contributed by atoms with van der Waals surface area (Å²) in [6.45, 7) is 4.64. The van der Waals surface area contributed by atoms with E-state index in [1.807, 2.05) is 24.3 Å². The Morgan fingerprint density at radius 1 is 1.07 bits per heavy atom. The predicted molar refractivity (Wildman–Crippen MR) is 106 cm³/mol. The Morgan fingerprint density at radius 2 is 1.81 bits per heavy atom. The lowest BCUT2D eigenvalue weighted by Crippen LogP contribution is -3.09. The van der Waals surface area contributed by atoms with Gasteiger partial charge in [-0.15, -0.1) is 5.10 Å². The molecule has 0 saturated carbocycles. The molecule has 0 amide bonds. The molecule has 0 aliphatic rings. The number of quaternary nitrogens is 1. The second kappa shape index (κ2) is 8.83.